The van der Waals surface area contributed by atoms with Crippen LogP contribution in [0.5, 0.6) is 0 Å². The molecule has 0 aromatic rings. The second-order valence-electron chi connectivity index (χ2n) is 1.99. The van der Waals surface area contributed by atoms with Crippen molar-refractivity contribution in [2.24, 2.45) is 0 Å². The van der Waals surface area contributed by atoms with Gasteiger partial charge in [0, 0.05) is 10.9 Å². The van der Waals surface area contributed by atoms with E-state index in [1.165, 1.54) is 0 Å². The Morgan fingerprint density at radius 2 is 2.18 bits per heavy atom. The SMILES string of the molecule is CC/C=C(\CBr)C(=O)OCC. The fourth-order valence-corrected chi connectivity index (χ4v) is 1.12. The van der Waals surface area contributed by atoms with E-state index in [1.807, 2.05) is 13.0 Å². The number of allylic oxidation sites excluding steroid dienone is 1. The average molecular weight is 221 g/mol. The number of carbonyl (C=O) groups excluding carboxylic acids is 1. The first-order valence-electron chi connectivity index (χ1n) is 3.68. The minimum absolute atomic E-state index is 0.216. The highest BCUT2D eigenvalue weighted by Gasteiger charge is 2.06. The van der Waals surface area contributed by atoms with E-state index >= 15 is 0 Å². The molecule has 3 heteroatoms. The summed E-state index contributed by atoms with van der Waals surface area (Å²) < 4.78 is 4.81. The highest BCUT2D eigenvalue weighted by Crippen LogP contribution is 2.03. The third-order valence-electron chi connectivity index (χ3n) is 1.13. The topological polar surface area (TPSA) is 26.3 Å². The van der Waals surface area contributed by atoms with E-state index in [9.17, 15) is 4.79 Å². The maximum absolute atomic E-state index is 11.0. The van der Waals surface area contributed by atoms with Gasteiger partial charge in [0.1, 0.15) is 0 Å². The van der Waals surface area contributed by atoms with Gasteiger partial charge in [0.15, 0.2) is 0 Å². The van der Waals surface area contributed by atoms with E-state index in [4.69, 9.17) is 4.74 Å². The Bertz CT molecular complexity index is 152. The van der Waals surface area contributed by atoms with Gasteiger partial charge in [-0.15, -0.1) is 0 Å². The number of halogens is 1. The Morgan fingerprint density at radius 1 is 1.55 bits per heavy atom. The highest BCUT2D eigenvalue weighted by atomic mass is 79.9. The van der Waals surface area contributed by atoms with Crippen LogP contribution < -0.4 is 0 Å². The summed E-state index contributed by atoms with van der Waals surface area (Å²) in [5.41, 5.74) is 0.703. The number of alkyl halides is 1. The van der Waals surface area contributed by atoms with Crippen LogP contribution in [0, 0.1) is 0 Å². The molecular weight excluding hydrogens is 208 g/mol. The monoisotopic (exact) mass is 220 g/mol. The van der Waals surface area contributed by atoms with Crippen LogP contribution in [0.1, 0.15) is 20.3 Å². The molecule has 0 aliphatic heterocycles. The Labute approximate surface area is 75.7 Å². The third-order valence-corrected chi connectivity index (χ3v) is 1.74. The maximum Gasteiger partial charge on any atom is 0.334 e. The summed E-state index contributed by atoms with van der Waals surface area (Å²) in [6, 6.07) is 0. The molecule has 2 nitrogen and oxygen atoms in total. The number of rotatable bonds is 4. The molecule has 11 heavy (non-hydrogen) atoms. The van der Waals surface area contributed by atoms with Gasteiger partial charge in [-0.2, -0.15) is 0 Å². The summed E-state index contributed by atoms with van der Waals surface area (Å²) in [5.74, 6) is -0.216. The quantitative estimate of drug-likeness (QED) is 0.413. The number of carbonyl (C=O) groups is 1. The minimum Gasteiger partial charge on any atom is -0.463 e. The first kappa shape index (κ1) is 10.7. The number of hydrogen-bond donors (Lipinski definition) is 0. The first-order chi connectivity index (χ1) is 5.26. The van der Waals surface area contributed by atoms with E-state index in [0.29, 0.717) is 17.5 Å². The Balaban J connectivity index is 4.03. The smallest absolute Gasteiger partial charge is 0.334 e. The molecule has 0 unspecified atom stereocenters. The molecule has 0 saturated heterocycles. The molecule has 0 rings (SSSR count). The average Bonchev–Trinajstić information content (AvgIpc) is 2.00. The molecule has 0 aromatic heterocycles. The number of ether oxygens (including phenoxy) is 1. The van der Waals surface area contributed by atoms with Gasteiger partial charge >= 0.3 is 5.97 Å². The second kappa shape index (κ2) is 6.40. The van der Waals surface area contributed by atoms with Crippen molar-refractivity contribution in [3.05, 3.63) is 11.6 Å². The Kier molecular flexibility index (Phi) is 6.22. The van der Waals surface area contributed by atoms with Crippen LogP contribution in [-0.4, -0.2) is 17.9 Å². The van der Waals surface area contributed by atoms with Crippen LogP contribution >= 0.6 is 15.9 Å². The Hall–Kier alpha value is -0.310. The van der Waals surface area contributed by atoms with Gasteiger partial charge in [0.05, 0.1) is 6.61 Å². The van der Waals surface area contributed by atoms with E-state index in [2.05, 4.69) is 15.9 Å². The largest absolute Gasteiger partial charge is 0.463 e. The summed E-state index contributed by atoms with van der Waals surface area (Å²) in [6.45, 7) is 4.23. The van der Waals surface area contributed by atoms with Crippen molar-refractivity contribution in [3.63, 3.8) is 0 Å². The fourth-order valence-electron chi connectivity index (χ4n) is 0.663. The molecule has 0 radical (unpaired) electrons. The molecule has 0 fully saturated rings. The summed E-state index contributed by atoms with van der Waals surface area (Å²) in [7, 11) is 0. The molecule has 0 spiro atoms. The van der Waals surface area contributed by atoms with E-state index in [1.54, 1.807) is 6.92 Å². The molecule has 0 aliphatic rings. The molecular formula is C8H13BrO2. The third kappa shape index (κ3) is 4.19. The molecule has 0 N–H and O–H groups in total. The van der Waals surface area contributed by atoms with Crippen molar-refractivity contribution in [2.75, 3.05) is 11.9 Å². The standard InChI is InChI=1S/C8H13BrO2/c1-3-5-7(6-9)8(10)11-4-2/h5H,3-4,6H2,1-2H3/b7-5+. The summed E-state index contributed by atoms with van der Waals surface area (Å²) in [5, 5.41) is 0.569. The van der Waals surface area contributed by atoms with Crippen molar-refractivity contribution in [3.8, 4) is 0 Å². The maximum atomic E-state index is 11.0. The predicted molar refractivity (Wildman–Crippen MR) is 48.8 cm³/mol. The van der Waals surface area contributed by atoms with Crippen LogP contribution in [0.4, 0.5) is 0 Å². The van der Waals surface area contributed by atoms with Crippen molar-refractivity contribution in [2.45, 2.75) is 20.3 Å². The lowest BCUT2D eigenvalue weighted by atomic mass is 10.2. The molecule has 0 amide bonds. The van der Waals surface area contributed by atoms with Crippen LogP contribution in [0.3, 0.4) is 0 Å². The zero-order chi connectivity index (χ0) is 8.69. The molecule has 0 saturated carbocycles. The highest BCUT2D eigenvalue weighted by molar-refractivity contribution is 9.09. The summed E-state index contributed by atoms with van der Waals surface area (Å²) >= 11 is 3.22. The zero-order valence-electron chi connectivity index (χ0n) is 6.89. The lowest BCUT2D eigenvalue weighted by molar-refractivity contribution is -0.138. The van der Waals surface area contributed by atoms with Crippen molar-refractivity contribution in [1.82, 2.24) is 0 Å². The normalized spacial score (nSPS) is 11.4. The molecule has 0 aromatic carbocycles. The van der Waals surface area contributed by atoms with Gasteiger partial charge in [0.25, 0.3) is 0 Å². The second-order valence-corrected chi connectivity index (χ2v) is 2.55. The predicted octanol–water partition coefficient (Wildman–Crippen LogP) is 2.28. The zero-order valence-corrected chi connectivity index (χ0v) is 8.48. The van der Waals surface area contributed by atoms with Gasteiger partial charge in [-0.05, 0) is 13.3 Å². The van der Waals surface area contributed by atoms with Crippen LogP contribution in [-0.2, 0) is 9.53 Å². The lowest BCUT2D eigenvalue weighted by Gasteiger charge is -2.01. The number of hydrogen-bond acceptors (Lipinski definition) is 2. The summed E-state index contributed by atoms with van der Waals surface area (Å²) in [6.07, 6.45) is 2.73. The Morgan fingerprint density at radius 3 is 2.55 bits per heavy atom. The van der Waals surface area contributed by atoms with Crippen LogP contribution in [0.15, 0.2) is 11.6 Å². The molecule has 64 valence electrons. The minimum atomic E-state index is -0.216. The molecule has 0 bridgehead atoms. The first-order valence-corrected chi connectivity index (χ1v) is 4.80. The van der Waals surface area contributed by atoms with Crippen molar-refractivity contribution >= 4 is 21.9 Å². The molecule has 0 heterocycles. The number of esters is 1. The summed E-state index contributed by atoms with van der Waals surface area (Å²) in [4.78, 5) is 11.0. The van der Waals surface area contributed by atoms with Crippen LogP contribution in [0.2, 0.25) is 0 Å². The van der Waals surface area contributed by atoms with Gasteiger partial charge in [0.2, 0.25) is 0 Å². The van der Waals surface area contributed by atoms with Gasteiger partial charge < -0.3 is 4.74 Å². The van der Waals surface area contributed by atoms with Gasteiger partial charge in [-0.3, -0.25) is 0 Å². The van der Waals surface area contributed by atoms with E-state index in [-0.39, 0.29) is 5.97 Å². The lowest BCUT2D eigenvalue weighted by Crippen LogP contribution is -2.08. The van der Waals surface area contributed by atoms with E-state index < -0.39 is 0 Å². The van der Waals surface area contributed by atoms with Gasteiger partial charge in [-0.1, -0.05) is 28.9 Å². The molecule has 0 atom stereocenters. The van der Waals surface area contributed by atoms with Crippen molar-refractivity contribution in [1.29, 1.82) is 0 Å². The van der Waals surface area contributed by atoms with Crippen LogP contribution in [0.25, 0.3) is 0 Å². The fraction of sp³-hybridized carbons (Fsp3) is 0.625. The van der Waals surface area contributed by atoms with Crippen molar-refractivity contribution < 1.29 is 9.53 Å². The van der Waals surface area contributed by atoms with E-state index in [0.717, 1.165) is 6.42 Å². The van der Waals surface area contributed by atoms with Gasteiger partial charge in [-0.25, -0.2) is 4.79 Å². The molecule has 0 aliphatic carbocycles.